The first-order valence-corrected chi connectivity index (χ1v) is 24.2. The standard InChI is InChI=1S/C27H35N3O2.C22H27N3O.C5H9ClO/c1-5-32-25-11-9-20(10-12-25)14-23-15-22-16-24(29(4)26(31)13-19(2)3)17-28-27(22)30(23)18-21-7-6-8-21;1-3-26-21-9-7-16(8-10-21)11-20-13-18-12-19(23-2)14-24-22(18)25(20)15-17-5-4-6-17;1-4(2)3-5(6)7/h9-12,15-17,19,21H,5-8,13-14,18H2,1-4H3;7-10,12-14,17,23H,3-6,11,15H2,1-2H3;4H,3H2,1-2H3. The number of fused-ring (bicyclic) bond motifs is 2. The molecule has 0 spiro atoms. The van der Waals surface area contributed by atoms with Crippen LogP contribution in [-0.4, -0.2) is 57.6 Å². The summed E-state index contributed by atoms with van der Waals surface area (Å²) < 4.78 is 16.0. The summed E-state index contributed by atoms with van der Waals surface area (Å²) in [6.07, 6.45) is 14.6. The lowest BCUT2D eigenvalue weighted by atomic mass is 9.85. The summed E-state index contributed by atoms with van der Waals surface area (Å²) in [7, 11) is 3.79. The van der Waals surface area contributed by atoms with Gasteiger partial charge in [0.2, 0.25) is 11.1 Å². The Labute approximate surface area is 392 Å². The van der Waals surface area contributed by atoms with Gasteiger partial charge < -0.3 is 28.8 Å². The Balaban J connectivity index is 0.000000191. The van der Waals surface area contributed by atoms with Crippen LogP contribution in [0, 0.1) is 23.7 Å². The highest BCUT2D eigenvalue weighted by Gasteiger charge is 2.23. The summed E-state index contributed by atoms with van der Waals surface area (Å²) in [5.74, 6) is 4.25. The van der Waals surface area contributed by atoms with Crippen LogP contribution in [0.5, 0.6) is 11.5 Å². The number of halogens is 1. The minimum Gasteiger partial charge on any atom is -0.494 e. The Morgan fingerprint density at radius 3 is 1.55 bits per heavy atom. The number of hydrogen-bond donors (Lipinski definition) is 1. The van der Waals surface area contributed by atoms with Crippen molar-refractivity contribution < 1.29 is 19.1 Å². The fourth-order valence-corrected chi connectivity index (χ4v) is 8.69. The van der Waals surface area contributed by atoms with Gasteiger partial charge in [0.1, 0.15) is 22.8 Å². The topological polar surface area (TPSA) is 104 Å². The Kier molecular flexibility index (Phi) is 17.9. The molecule has 348 valence electrons. The molecule has 2 aliphatic carbocycles. The van der Waals surface area contributed by atoms with Crippen molar-refractivity contribution in [1.29, 1.82) is 0 Å². The molecular formula is C54H71ClN6O4. The average molecular weight is 904 g/mol. The first kappa shape index (κ1) is 49.1. The summed E-state index contributed by atoms with van der Waals surface area (Å²) in [6.45, 7) is 15.6. The maximum absolute atomic E-state index is 12.6. The van der Waals surface area contributed by atoms with E-state index in [9.17, 15) is 9.59 Å². The molecule has 11 heteroatoms. The molecule has 0 saturated heterocycles. The van der Waals surface area contributed by atoms with Gasteiger partial charge >= 0.3 is 0 Å². The average Bonchev–Trinajstić information content (AvgIpc) is 3.76. The Hall–Kier alpha value is -5.35. The molecule has 6 aromatic rings. The van der Waals surface area contributed by atoms with Crippen molar-refractivity contribution in [2.45, 2.75) is 119 Å². The lowest BCUT2D eigenvalue weighted by molar-refractivity contribution is -0.119. The highest BCUT2D eigenvalue weighted by molar-refractivity contribution is 6.63. The zero-order chi connectivity index (χ0) is 46.5. The van der Waals surface area contributed by atoms with Gasteiger partial charge in [0.25, 0.3) is 0 Å². The first-order chi connectivity index (χ1) is 31.3. The molecule has 4 aromatic heterocycles. The van der Waals surface area contributed by atoms with Gasteiger partial charge in [-0.3, -0.25) is 9.59 Å². The van der Waals surface area contributed by atoms with Crippen LogP contribution >= 0.6 is 11.6 Å². The number of pyridine rings is 2. The van der Waals surface area contributed by atoms with Gasteiger partial charge in [-0.05, 0) is 134 Å². The number of ether oxygens (including phenoxy) is 2. The number of nitrogens with zero attached hydrogens (tertiary/aromatic N) is 5. The maximum Gasteiger partial charge on any atom is 0.227 e. The molecule has 8 rings (SSSR count). The van der Waals surface area contributed by atoms with Crippen LogP contribution in [0.15, 0.2) is 85.2 Å². The lowest BCUT2D eigenvalue weighted by Gasteiger charge is -2.27. The number of anilines is 2. The maximum atomic E-state index is 12.6. The van der Waals surface area contributed by atoms with Crippen LogP contribution in [0.1, 0.15) is 115 Å². The molecule has 0 bridgehead atoms. The monoisotopic (exact) mass is 903 g/mol. The third-order valence-corrected chi connectivity index (χ3v) is 12.6. The molecule has 0 aliphatic heterocycles. The van der Waals surface area contributed by atoms with Crippen molar-refractivity contribution in [3.05, 3.63) is 108 Å². The number of aromatic nitrogens is 4. The van der Waals surface area contributed by atoms with Gasteiger partial charge in [-0.2, -0.15) is 0 Å². The van der Waals surface area contributed by atoms with E-state index in [1.807, 2.05) is 66.3 Å². The summed E-state index contributed by atoms with van der Waals surface area (Å²) in [5.41, 5.74) is 9.23. The van der Waals surface area contributed by atoms with Crippen LogP contribution in [0.3, 0.4) is 0 Å². The minimum absolute atomic E-state index is 0.129. The molecule has 0 unspecified atom stereocenters. The third-order valence-electron chi connectivity index (χ3n) is 12.4. The molecule has 2 saturated carbocycles. The normalized spacial score (nSPS) is 13.7. The van der Waals surface area contributed by atoms with E-state index in [1.54, 1.807) is 4.90 Å². The highest BCUT2D eigenvalue weighted by Crippen LogP contribution is 2.34. The molecule has 0 atom stereocenters. The zero-order valence-electron chi connectivity index (χ0n) is 40.0. The van der Waals surface area contributed by atoms with E-state index in [-0.39, 0.29) is 11.1 Å². The smallest absolute Gasteiger partial charge is 0.227 e. The minimum atomic E-state index is -0.241. The molecule has 65 heavy (non-hydrogen) atoms. The number of amides is 1. The largest absolute Gasteiger partial charge is 0.494 e. The summed E-state index contributed by atoms with van der Waals surface area (Å²) in [5, 5.41) is 5.28. The van der Waals surface area contributed by atoms with Gasteiger partial charge in [0, 0.05) is 75.0 Å². The molecule has 1 amide bonds. The highest BCUT2D eigenvalue weighted by atomic mass is 35.5. The van der Waals surface area contributed by atoms with E-state index in [1.165, 1.54) is 66.4 Å². The number of hydrogen-bond acceptors (Lipinski definition) is 7. The van der Waals surface area contributed by atoms with Crippen LogP contribution in [0.4, 0.5) is 11.4 Å². The van der Waals surface area contributed by atoms with Crippen molar-refractivity contribution in [3.63, 3.8) is 0 Å². The Morgan fingerprint density at radius 2 is 1.17 bits per heavy atom. The summed E-state index contributed by atoms with van der Waals surface area (Å²) >= 11 is 5.03. The van der Waals surface area contributed by atoms with Crippen molar-refractivity contribution in [2.24, 2.45) is 23.7 Å². The number of nitrogens with one attached hydrogen (secondary N) is 1. The lowest BCUT2D eigenvalue weighted by Crippen LogP contribution is -2.27. The van der Waals surface area contributed by atoms with Gasteiger partial charge in [0.05, 0.1) is 37.0 Å². The second kappa shape index (κ2) is 23.7. The van der Waals surface area contributed by atoms with Gasteiger partial charge in [0.15, 0.2) is 0 Å². The Morgan fingerprint density at radius 1 is 0.708 bits per heavy atom. The van der Waals surface area contributed by atoms with Crippen molar-refractivity contribution in [1.82, 2.24) is 19.1 Å². The van der Waals surface area contributed by atoms with E-state index in [2.05, 4.69) is 89.0 Å². The molecule has 2 aromatic carbocycles. The molecule has 10 nitrogen and oxygen atoms in total. The van der Waals surface area contributed by atoms with Crippen LogP contribution < -0.4 is 19.7 Å². The molecule has 1 N–H and O–H groups in total. The fraction of sp³-hybridized carbons (Fsp3) is 0.481. The van der Waals surface area contributed by atoms with Gasteiger partial charge in [-0.1, -0.05) is 64.8 Å². The van der Waals surface area contributed by atoms with Crippen molar-refractivity contribution in [2.75, 3.05) is 37.5 Å². The van der Waals surface area contributed by atoms with E-state index in [0.717, 1.165) is 77.3 Å². The number of carbonyl (C=O) groups is 2. The molecular weight excluding hydrogens is 832 g/mol. The Bertz CT molecular complexity index is 2450. The zero-order valence-corrected chi connectivity index (χ0v) is 40.8. The second-order valence-corrected chi connectivity index (χ2v) is 19.0. The fourth-order valence-electron chi connectivity index (χ4n) is 8.39. The van der Waals surface area contributed by atoms with Gasteiger partial charge in [-0.25, -0.2) is 9.97 Å². The molecule has 2 aliphatic rings. The predicted molar refractivity (Wildman–Crippen MR) is 268 cm³/mol. The predicted octanol–water partition coefficient (Wildman–Crippen LogP) is 12.5. The first-order valence-electron chi connectivity index (χ1n) is 23.9. The van der Waals surface area contributed by atoms with Crippen molar-refractivity contribution in [3.8, 4) is 11.5 Å². The molecule has 0 radical (unpaired) electrons. The quantitative estimate of drug-likeness (QED) is 0.0857. The number of rotatable bonds is 18. The van der Waals surface area contributed by atoms with Gasteiger partial charge in [-0.15, -0.1) is 0 Å². The number of carbonyl (C=O) groups excluding carboxylic acids is 2. The van der Waals surface area contributed by atoms with Crippen LogP contribution in [0.25, 0.3) is 22.1 Å². The van der Waals surface area contributed by atoms with Crippen LogP contribution in [0.2, 0.25) is 0 Å². The molecule has 4 heterocycles. The van der Waals surface area contributed by atoms with E-state index >= 15 is 0 Å². The van der Waals surface area contributed by atoms with Crippen molar-refractivity contribution >= 4 is 56.2 Å². The summed E-state index contributed by atoms with van der Waals surface area (Å²) in [6, 6.07) is 25.7. The SMILES string of the molecule is CC(C)CC(=O)Cl.CCOc1ccc(Cc2cc3cc(N(C)C(=O)CC(C)C)cnc3n2CC2CCC2)cc1.CCOc1ccc(Cc2cc3cc(NC)cnc3n2CC2CCC2)cc1. The summed E-state index contributed by atoms with van der Waals surface area (Å²) in [4.78, 5) is 33.9. The van der Waals surface area contributed by atoms with E-state index < -0.39 is 0 Å². The third kappa shape index (κ3) is 13.8. The molecule has 2 fully saturated rings. The van der Waals surface area contributed by atoms with E-state index in [0.29, 0.717) is 37.9 Å². The van der Waals surface area contributed by atoms with Crippen LogP contribution in [-0.2, 0) is 35.5 Å². The number of benzene rings is 2. The van der Waals surface area contributed by atoms with E-state index in [4.69, 9.17) is 31.0 Å². The second-order valence-electron chi connectivity index (χ2n) is 18.6.